The van der Waals surface area contributed by atoms with Crippen LogP contribution in [0.2, 0.25) is 0 Å². The molecule has 18 heavy (non-hydrogen) atoms. The molecule has 0 bridgehead atoms. The van der Waals surface area contributed by atoms with E-state index in [1.807, 2.05) is 30.3 Å². The number of benzene rings is 1. The molecular formula is C15H22N2S. The molecule has 1 saturated carbocycles. The Balaban J connectivity index is 1.86. The molecule has 1 aromatic carbocycles. The van der Waals surface area contributed by atoms with Crippen molar-refractivity contribution < 1.29 is 0 Å². The van der Waals surface area contributed by atoms with Crippen molar-refractivity contribution in [3.63, 3.8) is 0 Å². The molecule has 0 amide bonds. The van der Waals surface area contributed by atoms with Gasteiger partial charge in [0.1, 0.15) is 0 Å². The van der Waals surface area contributed by atoms with Crippen LogP contribution >= 0.6 is 12.2 Å². The highest BCUT2D eigenvalue weighted by atomic mass is 32.1. The first kappa shape index (κ1) is 13.3. The van der Waals surface area contributed by atoms with E-state index in [1.54, 1.807) is 0 Å². The molecule has 2 unspecified atom stereocenters. The minimum Gasteiger partial charge on any atom is -0.359 e. The molecule has 0 spiro atoms. The number of thiocarbonyl (C=S) groups is 1. The Morgan fingerprint density at radius 2 is 1.94 bits per heavy atom. The molecule has 0 radical (unpaired) electrons. The topological polar surface area (TPSA) is 24.1 Å². The summed E-state index contributed by atoms with van der Waals surface area (Å²) in [5, 5.41) is 7.50. The van der Waals surface area contributed by atoms with Gasteiger partial charge in [0.2, 0.25) is 0 Å². The number of rotatable bonds is 3. The Bertz CT molecular complexity index is 377. The summed E-state index contributed by atoms with van der Waals surface area (Å²) in [6.07, 6.45) is 6.51. The number of para-hydroxylation sites is 1. The highest BCUT2D eigenvalue weighted by Gasteiger charge is 2.23. The van der Waals surface area contributed by atoms with E-state index in [0.717, 1.165) is 16.7 Å². The third-order valence-electron chi connectivity index (χ3n) is 3.78. The standard InChI is InChI=1S/C15H22N2S/c1-2-12-8-6-7-11-14(12)17-15(18)16-13-9-4-3-5-10-13/h3-5,9-10,12,14H,2,6-8,11H2,1H3,(H2,16,17,18). The van der Waals surface area contributed by atoms with Crippen LogP contribution in [0.25, 0.3) is 0 Å². The molecule has 2 N–H and O–H groups in total. The van der Waals surface area contributed by atoms with Gasteiger partial charge in [0.05, 0.1) is 0 Å². The lowest BCUT2D eigenvalue weighted by Gasteiger charge is -2.32. The van der Waals surface area contributed by atoms with Gasteiger partial charge in [-0.05, 0) is 43.1 Å². The molecule has 0 aromatic heterocycles. The summed E-state index contributed by atoms with van der Waals surface area (Å²) < 4.78 is 0. The van der Waals surface area contributed by atoms with Crippen LogP contribution in [0.1, 0.15) is 39.0 Å². The normalized spacial score (nSPS) is 23.4. The maximum Gasteiger partial charge on any atom is 0.171 e. The monoisotopic (exact) mass is 262 g/mol. The lowest BCUT2D eigenvalue weighted by atomic mass is 9.83. The molecule has 2 nitrogen and oxygen atoms in total. The molecule has 1 fully saturated rings. The fourth-order valence-electron chi connectivity index (χ4n) is 2.74. The third kappa shape index (κ3) is 3.70. The first-order chi connectivity index (χ1) is 8.79. The average molecular weight is 262 g/mol. The maximum absolute atomic E-state index is 5.40. The molecule has 2 rings (SSSR count). The fraction of sp³-hybridized carbons (Fsp3) is 0.533. The van der Waals surface area contributed by atoms with Gasteiger partial charge in [-0.1, -0.05) is 44.4 Å². The van der Waals surface area contributed by atoms with Crippen LogP contribution < -0.4 is 10.6 Å². The second kappa shape index (κ2) is 6.74. The van der Waals surface area contributed by atoms with Crippen molar-refractivity contribution in [1.82, 2.24) is 5.32 Å². The van der Waals surface area contributed by atoms with Crippen molar-refractivity contribution in [2.75, 3.05) is 5.32 Å². The highest BCUT2D eigenvalue weighted by Crippen LogP contribution is 2.26. The summed E-state index contributed by atoms with van der Waals surface area (Å²) in [5.74, 6) is 0.772. The van der Waals surface area contributed by atoms with Crippen LogP contribution in [0.15, 0.2) is 30.3 Å². The van der Waals surface area contributed by atoms with Gasteiger partial charge in [-0.25, -0.2) is 0 Å². The molecule has 1 aromatic rings. The fourth-order valence-corrected chi connectivity index (χ4v) is 3.01. The average Bonchev–Trinajstić information content (AvgIpc) is 2.40. The van der Waals surface area contributed by atoms with Crippen molar-refractivity contribution in [1.29, 1.82) is 0 Å². The van der Waals surface area contributed by atoms with E-state index < -0.39 is 0 Å². The van der Waals surface area contributed by atoms with Crippen LogP contribution in [0.3, 0.4) is 0 Å². The Morgan fingerprint density at radius 1 is 1.22 bits per heavy atom. The van der Waals surface area contributed by atoms with Gasteiger partial charge in [-0.2, -0.15) is 0 Å². The van der Waals surface area contributed by atoms with Crippen LogP contribution in [0.5, 0.6) is 0 Å². The Kier molecular flexibility index (Phi) is 5.00. The summed E-state index contributed by atoms with van der Waals surface area (Å²) in [5.41, 5.74) is 1.05. The zero-order valence-corrected chi connectivity index (χ0v) is 11.8. The lowest BCUT2D eigenvalue weighted by Crippen LogP contribution is -2.43. The SMILES string of the molecule is CCC1CCCCC1NC(=S)Nc1ccccc1. The number of nitrogens with one attached hydrogen (secondary N) is 2. The maximum atomic E-state index is 5.40. The van der Waals surface area contributed by atoms with Gasteiger partial charge < -0.3 is 10.6 Å². The van der Waals surface area contributed by atoms with Crippen LogP contribution in [0.4, 0.5) is 5.69 Å². The first-order valence-corrected chi connectivity index (χ1v) is 7.33. The zero-order valence-electron chi connectivity index (χ0n) is 11.0. The van der Waals surface area contributed by atoms with E-state index in [-0.39, 0.29) is 0 Å². The van der Waals surface area contributed by atoms with Gasteiger partial charge in [0, 0.05) is 11.7 Å². The summed E-state index contributed by atoms with van der Waals surface area (Å²) in [7, 11) is 0. The molecule has 1 aliphatic rings. The summed E-state index contributed by atoms with van der Waals surface area (Å²) in [6.45, 7) is 2.28. The van der Waals surface area contributed by atoms with Gasteiger partial charge in [-0.3, -0.25) is 0 Å². The predicted octanol–water partition coefficient (Wildman–Crippen LogP) is 3.94. The number of hydrogen-bond acceptors (Lipinski definition) is 1. The molecule has 0 aliphatic heterocycles. The van der Waals surface area contributed by atoms with Crippen molar-refractivity contribution >= 4 is 23.0 Å². The van der Waals surface area contributed by atoms with Gasteiger partial charge >= 0.3 is 0 Å². The Labute approximate surface area is 115 Å². The Morgan fingerprint density at radius 3 is 2.67 bits per heavy atom. The van der Waals surface area contributed by atoms with Gasteiger partial charge in [0.25, 0.3) is 0 Å². The molecular weight excluding hydrogens is 240 g/mol. The van der Waals surface area contributed by atoms with Crippen LogP contribution in [-0.2, 0) is 0 Å². The third-order valence-corrected chi connectivity index (χ3v) is 4.00. The van der Waals surface area contributed by atoms with E-state index in [0.29, 0.717) is 6.04 Å². The van der Waals surface area contributed by atoms with E-state index in [1.165, 1.54) is 32.1 Å². The van der Waals surface area contributed by atoms with Crippen molar-refractivity contribution in [3.05, 3.63) is 30.3 Å². The molecule has 1 aliphatic carbocycles. The molecule has 98 valence electrons. The Hall–Kier alpha value is -1.09. The number of hydrogen-bond donors (Lipinski definition) is 2. The molecule has 0 heterocycles. The van der Waals surface area contributed by atoms with Gasteiger partial charge in [-0.15, -0.1) is 0 Å². The minimum absolute atomic E-state index is 0.549. The predicted molar refractivity (Wildman–Crippen MR) is 81.8 cm³/mol. The van der Waals surface area contributed by atoms with Crippen molar-refractivity contribution in [2.45, 2.75) is 45.1 Å². The quantitative estimate of drug-likeness (QED) is 0.807. The number of anilines is 1. The minimum atomic E-state index is 0.549. The van der Waals surface area contributed by atoms with Crippen molar-refractivity contribution in [3.8, 4) is 0 Å². The second-order valence-corrected chi connectivity index (χ2v) is 5.43. The van der Waals surface area contributed by atoms with E-state index in [9.17, 15) is 0 Å². The summed E-state index contributed by atoms with van der Waals surface area (Å²) in [6, 6.07) is 10.7. The largest absolute Gasteiger partial charge is 0.359 e. The van der Waals surface area contributed by atoms with Gasteiger partial charge in [0.15, 0.2) is 5.11 Å². The zero-order chi connectivity index (χ0) is 12.8. The van der Waals surface area contributed by atoms with E-state index >= 15 is 0 Å². The lowest BCUT2D eigenvalue weighted by molar-refractivity contribution is 0.281. The summed E-state index contributed by atoms with van der Waals surface area (Å²) >= 11 is 5.40. The van der Waals surface area contributed by atoms with E-state index in [2.05, 4.69) is 17.6 Å². The smallest absolute Gasteiger partial charge is 0.171 e. The van der Waals surface area contributed by atoms with E-state index in [4.69, 9.17) is 12.2 Å². The second-order valence-electron chi connectivity index (χ2n) is 5.02. The molecule has 3 heteroatoms. The van der Waals surface area contributed by atoms with Crippen LogP contribution in [0, 0.1) is 5.92 Å². The first-order valence-electron chi connectivity index (χ1n) is 6.92. The highest BCUT2D eigenvalue weighted by molar-refractivity contribution is 7.80. The van der Waals surface area contributed by atoms with Crippen LogP contribution in [-0.4, -0.2) is 11.2 Å². The molecule has 0 saturated heterocycles. The summed E-state index contributed by atoms with van der Waals surface area (Å²) in [4.78, 5) is 0. The van der Waals surface area contributed by atoms with Crippen molar-refractivity contribution in [2.24, 2.45) is 5.92 Å². The molecule has 2 atom stereocenters.